The van der Waals surface area contributed by atoms with Gasteiger partial charge in [-0.3, -0.25) is 15.5 Å². The summed E-state index contributed by atoms with van der Waals surface area (Å²) in [7, 11) is 0. The molecule has 86 valence electrons. The summed E-state index contributed by atoms with van der Waals surface area (Å²) >= 11 is 1.39. The molecule has 0 fully saturated rings. The molecule has 17 heavy (non-hydrogen) atoms. The monoisotopic (exact) mass is 247 g/mol. The van der Waals surface area contributed by atoms with Crippen molar-refractivity contribution < 1.29 is 4.92 Å². The van der Waals surface area contributed by atoms with Gasteiger partial charge in [-0.25, -0.2) is 0 Å². The van der Waals surface area contributed by atoms with E-state index in [2.05, 4.69) is 0 Å². The maximum Gasteiger partial charge on any atom is 0.269 e. The molecule has 0 amide bonds. The summed E-state index contributed by atoms with van der Waals surface area (Å²) in [6, 6.07) is 9.92. The first-order chi connectivity index (χ1) is 8.08. The fourth-order valence-electron chi connectivity index (χ4n) is 1.39. The number of nitro groups is 1. The van der Waals surface area contributed by atoms with Gasteiger partial charge in [0.1, 0.15) is 5.84 Å². The molecule has 0 aliphatic carbocycles. The molecule has 0 radical (unpaired) electrons. The zero-order valence-electron chi connectivity index (χ0n) is 8.71. The maximum atomic E-state index is 10.5. The van der Waals surface area contributed by atoms with E-state index >= 15 is 0 Å². The summed E-state index contributed by atoms with van der Waals surface area (Å²) in [6.07, 6.45) is 0. The van der Waals surface area contributed by atoms with Crippen LogP contribution in [0.5, 0.6) is 0 Å². The minimum absolute atomic E-state index is 0.0307. The van der Waals surface area contributed by atoms with Crippen molar-refractivity contribution in [3.05, 3.63) is 51.4 Å². The van der Waals surface area contributed by atoms with Gasteiger partial charge in [-0.05, 0) is 29.8 Å². The SMILES string of the molecule is N=C(N)c1ccc(-c2ccc([N+](=O)[O-])cc2)s1. The second kappa shape index (κ2) is 4.34. The molecule has 5 nitrogen and oxygen atoms in total. The molecule has 1 heterocycles. The van der Waals surface area contributed by atoms with Crippen LogP contribution in [0.3, 0.4) is 0 Å². The Balaban J connectivity index is 2.33. The summed E-state index contributed by atoms with van der Waals surface area (Å²) in [5.74, 6) is 0.0307. The zero-order chi connectivity index (χ0) is 12.4. The Morgan fingerprint density at radius 2 is 1.88 bits per heavy atom. The number of nitrogens with zero attached hydrogens (tertiary/aromatic N) is 1. The van der Waals surface area contributed by atoms with Gasteiger partial charge in [0.2, 0.25) is 0 Å². The van der Waals surface area contributed by atoms with Crippen molar-refractivity contribution >= 4 is 22.9 Å². The Morgan fingerprint density at radius 3 is 2.35 bits per heavy atom. The number of hydrogen-bond acceptors (Lipinski definition) is 4. The quantitative estimate of drug-likeness (QED) is 0.378. The number of nitrogen functional groups attached to an aromatic ring is 1. The Hall–Kier alpha value is -2.21. The van der Waals surface area contributed by atoms with Crippen molar-refractivity contribution in [2.24, 2.45) is 5.73 Å². The Labute approximate surface area is 101 Å². The van der Waals surface area contributed by atoms with E-state index in [0.717, 1.165) is 10.4 Å². The molecule has 0 aliphatic rings. The minimum atomic E-state index is -0.431. The number of benzene rings is 1. The summed E-state index contributed by atoms with van der Waals surface area (Å²) in [6.45, 7) is 0. The van der Waals surface area contributed by atoms with Crippen LogP contribution in [0.2, 0.25) is 0 Å². The van der Waals surface area contributed by atoms with Gasteiger partial charge in [0.15, 0.2) is 0 Å². The van der Waals surface area contributed by atoms with E-state index < -0.39 is 4.92 Å². The summed E-state index contributed by atoms with van der Waals surface area (Å²) in [5, 5.41) is 17.8. The molecule has 0 aliphatic heterocycles. The van der Waals surface area contributed by atoms with Crippen molar-refractivity contribution in [1.82, 2.24) is 0 Å². The van der Waals surface area contributed by atoms with Gasteiger partial charge in [0, 0.05) is 17.0 Å². The second-order valence-corrected chi connectivity index (χ2v) is 4.47. The summed E-state index contributed by atoms with van der Waals surface area (Å²) in [5.41, 5.74) is 6.32. The van der Waals surface area contributed by atoms with Crippen LogP contribution >= 0.6 is 11.3 Å². The lowest BCUT2D eigenvalue weighted by Crippen LogP contribution is -2.08. The maximum absolute atomic E-state index is 10.5. The number of non-ortho nitro benzene ring substituents is 1. The molecule has 2 rings (SSSR count). The normalized spacial score (nSPS) is 10.1. The highest BCUT2D eigenvalue weighted by Gasteiger charge is 2.07. The number of amidine groups is 1. The van der Waals surface area contributed by atoms with E-state index in [4.69, 9.17) is 11.1 Å². The van der Waals surface area contributed by atoms with Gasteiger partial charge in [0.05, 0.1) is 9.80 Å². The van der Waals surface area contributed by atoms with Crippen molar-refractivity contribution in [3.8, 4) is 10.4 Å². The molecule has 0 atom stereocenters. The Kier molecular flexibility index (Phi) is 2.88. The average molecular weight is 247 g/mol. The standard InChI is InChI=1S/C11H9N3O2S/c12-11(13)10-6-5-9(17-10)7-1-3-8(4-2-7)14(15)16/h1-6H,(H3,12,13). The first-order valence-corrected chi connectivity index (χ1v) is 5.58. The number of nitro benzene ring substituents is 1. The van der Waals surface area contributed by atoms with Gasteiger partial charge < -0.3 is 5.73 Å². The van der Waals surface area contributed by atoms with Crippen LogP contribution in [0.15, 0.2) is 36.4 Å². The highest BCUT2D eigenvalue weighted by atomic mass is 32.1. The van der Waals surface area contributed by atoms with E-state index in [1.807, 2.05) is 6.07 Å². The zero-order valence-corrected chi connectivity index (χ0v) is 9.53. The third kappa shape index (κ3) is 2.31. The van der Waals surface area contributed by atoms with Crippen molar-refractivity contribution in [3.63, 3.8) is 0 Å². The molecule has 0 saturated heterocycles. The lowest BCUT2D eigenvalue weighted by atomic mass is 10.2. The van der Waals surface area contributed by atoms with Gasteiger partial charge >= 0.3 is 0 Å². The van der Waals surface area contributed by atoms with Gasteiger partial charge in [-0.15, -0.1) is 11.3 Å². The first kappa shape index (κ1) is 11.3. The van der Waals surface area contributed by atoms with E-state index in [1.165, 1.54) is 23.5 Å². The average Bonchev–Trinajstić information content (AvgIpc) is 2.78. The molecule has 0 saturated carbocycles. The molecule has 6 heteroatoms. The van der Waals surface area contributed by atoms with Crippen molar-refractivity contribution in [2.45, 2.75) is 0 Å². The van der Waals surface area contributed by atoms with Crippen LogP contribution in [-0.4, -0.2) is 10.8 Å². The Morgan fingerprint density at radius 1 is 1.24 bits per heavy atom. The van der Waals surface area contributed by atoms with Gasteiger partial charge in [0.25, 0.3) is 5.69 Å². The third-order valence-corrected chi connectivity index (χ3v) is 3.40. The van der Waals surface area contributed by atoms with Crippen molar-refractivity contribution in [2.75, 3.05) is 0 Å². The van der Waals surface area contributed by atoms with Crippen LogP contribution in [0, 0.1) is 15.5 Å². The molecule has 1 aromatic carbocycles. The number of nitrogens with one attached hydrogen (secondary N) is 1. The first-order valence-electron chi connectivity index (χ1n) is 4.77. The third-order valence-electron chi connectivity index (χ3n) is 2.23. The van der Waals surface area contributed by atoms with E-state index in [9.17, 15) is 10.1 Å². The molecule has 0 spiro atoms. The topological polar surface area (TPSA) is 93.0 Å². The number of thiophene rings is 1. The predicted molar refractivity (Wildman–Crippen MR) is 67.4 cm³/mol. The number of nitrogens with two attached hydrogens (primary N) is 1. The molecular weight excluding hydrogens is 238 g/mol. The highest BCUT2D eigenvalue weighted by Crippen LogP contribution is 2.29. The van der Waals surface area contributed by atoms with Crippen LogP contribution in [0.25, 0.3) is 10.4 Å². The fourth-order valence-corrected chi connectivity index (χ4v) is 2.26. The highest BCUT2D eigenvalue weighted by molar-refractivity contribution is 7.17. The number of rotatable bonds is 3. The summed E-state index contributed by atoms with van der Waals surface area (Å²) < 4.78 is 0. The minimum Gasteiger partial charge on any atom is -0.383 e. The lowest BCUT2D eigenvalue weighted by molar-refractivity contribution is -0.384. The van der Waals surface area contributed by atoms with E-state index in [0.29, 0.717) is 4.88 Å². The molecule has 0 bridgehead atoms. The van der Waals surface area contributed by atoms with Crippen LogP contribution in [0.1, 0.15) is 4.88 Å². The molecule has 1 aromatic heterocycles. The lowest BCUT2D eigenvalue weighted by Gasteiger charge is -1.96. The molecule has 3 N–H and O–H groups in total. The largest absolute Gasteiger partial charge is 0.383 e. The summed E-state index contributed by atoms with van der Waals surface area (Å²) in [4.78, 5) is 11.7. The van der Waals surface area contributed by atoms with E-state index in [1.54, 1.807) is 18.2 Å². The van der Waals surface area contributed by atoms with Crippen LogP contribution in [-0.2, 0) is 0 Å². The van der Waals surface area contributed by atoms with Crippen LogP contribution < -0.4 is 5.73 Å². The van der Waals surface area contributed by atoms with Crippen LogP contribution in [0.4, 0.5) is 5.69 Å². The van der Waals surface area contributed by atoms with Crippen molar-refractivity contribution in [1.29, 1.82) is 5.41 Å². The molecule has 2 aromatic rings. The Bertz CT molecular complexity index is 575. The van der Waals surface area contributed by atoms with E-state index in [-0.39, 0.29) is 11.5 Å². The van der Waals surface area contributed by atoms with Gasteiger partial charge in [-0.2, -0.15) is 0 Å². The smallest absolute Gasteiger partial charge is 0.269 e. The van der Waals surface area contributed by atoms with Gasteiger partial charge in [-0.1, -0.05) is 0 Å². The fraction of sp³-hybridized carbons (Fsp3) is 0. The predicted octanol–water partition coefficient (Wildman–Crippen LogP) is 2.61. The molecular formula is C11H9N3O2S. The number of hydrogen-bond donors (Lipinski definition) is 2. The molecule has 0 unspecified atom stereocenters. The second-order valence-electron chi connectivity index (χ2n) is 3.38.